The highest BCUT2D eigenvalue weighted by Gasteiger charge is 2.36. The monoisotopic (exact) mass is 334 g/mol. The van der Waals surface area contributed by atoms with Gasteiger partial charge >= 0.3 is 0 Å². The molecular formula is C18H30N2O2Si. The van der Waals surface area contributed by atoms with Gasteiger partial charge in [-0.3, -0.25) is 0 Å². The molecule has 2 rings (SSSR count). The van der Waals surface area contributed by atoms with E-state index in [-0.39, 0.29) is 5.04 Å². The van der Waals surface area contributed by atoms with Crippen LogP contribution in [-0.2, 0) is 6.42 Å². The van der Waals surface area contributed by atoms with Crippen LogP contribution < -0.4 is 14.6 Å². The third kappa shape index (κ3) is 3.71. The minimum atomic E-state index is -1.64. The van der Waals surface area contributed by atoms with Crippen molar-refractivity contribution in [2.75, 3.05) is 14.2 Å². The Hall–Kier alpha value is -1.49. The molecular weight excluding hydrogens is 304 g/mol. The second-order valence-corrected chi connectivity index (χ2v) is 12.7. The second kappa shape index (κ2) is 6.55. The van der Waals surface area contributed by atoms with Crippen molar-refractivity contribution in [2.45, 2.75) is 58.2 Å². The number of nitrogens with zero attached hydrogens (tertiary/aromatic N) is 1. The third-order valence-electron chi connectivity index (χ3n) is 5.13. The van der Waals surface area contributed by atoms with E-state index in [4.69, 9.17) is 14.6 Å². The molecule has 0 unspecified atom stereocenters. The topological polar surface area (TPSA) is 42.9 Å². The first kappa shape index (κ1) is 17.9. The number of hydrogen-bond donors (Lipinski definition) is 1. The van der Waals surface area contributed by atoms with Gasteiger partial charge in [0.05, 0.1) is 19.9 Å². The molecule has 1 aromatic rings. The molecule has 0 amide bonds. The minimum Gasteiger partial charge on any atom is -0.493 e. The summed E-state index contributed by atoms with van der Waals surface area (Å²) in [6, 6.07) is 4.16. The van der Waals surface area contributed by atoms with Crippen molar-refractivity contribution in [3.8, 4) is 11.5 Å². The van der Waals surface area contributed by atoms with Crippen LogP contribution in [0, 0.1) is 0 Å². The quantitative estimate of drug-likeness (QED) is 0.658. The van der Waals surface area contributed by atoms with Gasteiger partial charge in [-0.05, 0) is 55.1 Å². The van der Waals surface area contributed by atoms with Crippen LogP contribution in [0.3, 0.4) is 0 Å². The average molecular weight is 335 g/mol. The van der Waals surface area contributed by atoms with Gasteiger partial charge in [0, 0.05) is 5.56 Å². The van der Waals surface area contributed by atoms with E-state index in [9.17, 15) is 0 Å². The van der Waals surface area contributed by atoms with Gasteiger partial charge in [-0.1, -0.05) is 20.8 Å². The van der Waals surface area contributed by atoms with Crippen molar-refractivity contribution in [2.24, 2.45) is 5.10 Å². The van der Waals surface area contributed by atoms with Crippen molar-refractivity contribution in [1.29, 1.82) is 0 Å². The molecule has 1 aromatic carbocycles. The predicted molar refractivity (Wildman–Crippen MR) is 99.4 cm³/mol. The zero-order chi connectivity index (χ0) is 17.3. The van der Waals surface area contributed by atoms with E-state index in [1.54, 1.807) is 14.2 Å². The van der Waals surface area contributed by atoms with E-state index in [1.807, 2.05) is 0 Å². The van der Waals surface area contributed by atoms with Crippen molar-refractivity contribution in [3.05, 3.63) is 23.3 Å². The zero-order valence-electron chi connectivity index (χ0n) is 15.5. The summed E-state index contributed by atoms with van der Waals surface area (Å²) in [7, 11) is 1.72. The smallest absolute Gasteiger partial charge is 0.173 e. The summed E-state index contributed by atoms with van der Waals surface area (Å²) in [5.41, 5.74) is 3.63. The van der Waals surface area contributed by atoms with Crippen molar-refractivity contribution >= 4 is 13.9 Å². The molecule has 0 radical (unpaired) electrons. The standard InChI is InChI=1S/C18H30N2O2Si/c1-18(2,3)23(6,7)20-19-15-10-8-9-13-11-16(21-4)17(22-5)12-14(13)15/h11-12,20H,8-10H2,1-7H3/b19-15+. The van der Waals surface area contributed by atoms with Crippen LogP contribution in [0.2, 0.25) is 18.1 Å². The van der Waals surface area contributed by atoms with Crippen LogP contribution in [0.25, 0.3) is 0 Å². The molecule has 0 aliphatic heterocycles. The van der Waals surface area contributed by atoms with Gasteiger partial charge in [-0.25, -0.2) is 0 Å². The fourth-order valence-corrected chi connectivity index (χ4v) is 3.22. The lowest BCUT2D eigenvalue weighted by atomic mass is 9.89. The fourth-order valence-electron chi connectivity index (χ4n) is 2.47. The molecule has 5 heteroatoms. The molecule has 0 fully saturated rings. The number of benzene rings is 1. The molecule has 0 saturated carbocycles. The van der Waals surface area contributed by atoms with Gasteiger partial charge in [0.15, 0.2) is 19.7 Å². The van der Waals surface area contributed by atoms with Crippen molar-refractivity contribution in [1.82, 2.24) is 5.09 Å². The highest BCUT2D eigenvalue weighted by molar-refractivity contribution is 6.77. The van der Waals surface area contributed by atoms with Gasteiger partial charge in [-0.2, -0.15) is 5.10 Å². The van der Waals surface area contributed by atoms with E-state index >= 15 is 0 Å². The Labute approximate surface area is 141 Å². The zero-order valence-corrected chi connectivity index (χ0v) is 16.5. The summed E-state index contributed by atoms with van der Waals surface area (Å²) in [6.07, 6.45) is 3.19. The molecule has 128 valence electrons. The first-order valence-corrected chi connectivity index (χ1v) is 11.3. The molecule has 0 atom stereocenters. The number of methoxy groups -OCH3 is 2. The molecule has 1 aliphatic carbocycles. The maximum atomic E-state index is 5.46. The van der Waals surface area contributed by atoms with Gasteiger partial charge in [0.1, 0.15) is 0 Å². The molecule has 0 aromatic heterocycles. The average Bonchev–Trinajstić information content (AvgIpc) is 2.50. The number of aryl methyl sites for hydroxylation is 1. The summed E-state index contributed by atoms with van der Waals surface area (Å²) in [5, 5.41) is 8.61. The van der Waals surface area contributed by atoms with Gasteiger partial charge in [0.25, 0.3) is 0 Å². The highest BCUT2D eigenvalue weighted by atomic mass is 28.3. The lowest BCUT2D eigenvalue weighted by Crippen LogP contribution is -2.50. The summed E-state index contributed by atoms with van der Waals surface area (Å²) < 4.78 is 10.9. The number of nitrogens with one attached hydrogen (secondary N) is 1. The number of fused-ring (bicyclic) bond motifs is 1. The van der Waals surface area contributed by atoms with Crippen LogP contribution in [-0.4, -0.2) is 28.2 Å². The van der Waals surface area contributed by atoms with Gasteiger partial charge in [0.2, 0.25) is 0 Å². The lowest BCUT2D eigenvalue weighted by Gasteiger charge is -2.36. The summed E-state index contributed by atoms with van der Waals surface area (Å²) in [5.74, 6) is 1.57. The second-order valence-electron chi connectivity index (χ2n) is 7.76. The Balaban J connectivity index is 2.36. The molecule has 0 heterocycles. The molecule has 23 heavy (non-hydrogen) atoms. The minimum absolute atomic E-state index is 0.256. The van der Waals surface area contributed by atoms with E-state index in [1.165, 1.54) is 11.1 Å². The Bertz CT molecular complexity index is 604. The molecule has 1 aliphatic rings. The van der Waals surface area contributed by atoms with Crippen molar-refractivity contribution < 1.29 is 9.47 Å². The number of ether oxygens (including phenoxy) is 2. The van der Waals surface area contributed by atoms with Crippen LogP contribution >= 0.6 is 0 Å². The highest BCUT2D eigenvalue weighted by Crippen LogP contribution is 2.36. The largest absolute Gasteiger partial charge is 0.493 e. The van der Waals surface area contributed by atoms with Crippen LogP contribution in [0.5, 0.6) is 11.5 Å². The number of hydrogen-bond acceptors (Lipinski definition) is 4. The van der Waals surface area contributed by atoms with Crippen LogP contribution in [0.15, 0.2) is 17.2 Å². The van der Waals surface area contributed by atoms with Crippen molar-refractivity contribution in [3.63, 3.8) is 0 Å². The van der Waals surface area contributed by atoms with Gasteiger partial charge in [-0.15, -0.1) is 0 Å². The van der Waals surface area contributed by atoms with E-state index in [0.29, 0.717) is 0 Å². The third-order valence-corrected chi connectivity index (χ3v) is 9.55. The first-order valence-electron chi connectivity index (χ1n) is 8.28. The maximum absolute atomic E-state index is 5.46. The van der Waals surface area contributed by atoms with Crippen LogP contribution in [0.4, 0.5) is 0 Å². The Morgan fingerprint density at radius 1 is 1.04 bits per heavy atom. The summed E-state index contributed by atoms with van der Waals surface area (Å²) >= 11 is 0. The Morgan fingerprint density at radius 3 is 2.22 bits per heavy atom. The SMILES string of the molecule is COc1cc2c(cc1OC)/C(=N/N[Si](C)(C)C(C)(C)C)CCC2. The normalized spacial score (nSPS) is 16.9. The van der Waals surface area contributed by atoms with Crippen LogP contribution in [0.1, 0.15) is 44.7 Å². The molecule has 4 nitrogen and oxygen atoms in total. The summed E-state index contributed by atoms with van der Waals surface area (Å²) in [4.78, 5) is 0. The Kier molecular flexibility index (Phi) is 5.09. The van der Waals surface area contributed by atoms with E-state index in [2.05, 4.69) is 51.1 Å². The number of rotatable bonds is 4. The maximum Gasteiger partial charge on any atom is 0.173 e. The molecule has 1 N–H and O–H groups in total. The van der Waals surface area contributed by atoms with Gasteiger partial charge < -0.3 is 14.6 Å². The first-order chi connectivity index (χ1) is 10.7. The predicted octanol–water partition coefficient (Wildman–Crippen LogP) is 4.34. The Morgan fingerprint density at radius 2 is 1.65 bits per heavy atom. The number of hydrazone groups is 1. The molecule has 0 saturated heterocycles. The fraction of sp³-hybridized carbons (Fsp3) is 0.611. The molecule has 0 spiro atoms. The van der Waals surface area contributed by atoms with E-state index < -0.39 is 8.24 Å². The molecule has 0 bridgehead atoms. The van der Waals surface area contributed by atoms with E-state index in [0.717, 1.165) is 36.5 Å². The lowest BCUT2D eigenvalue weighted by molar-refractivity contribution is 0.354. The summed E-state index contributed by atoms with van der Waals surface area (Å²) in [6.45, 7) is 11.5.